The van der Waals surface area contributed by atoms with Crippen molar-refractivity contribution in [3.05, 3.63) is 77.2 Å². The van der Waals surface area contributed by atoms with Crippen molar-refractivity contribution in [3.8, 4) is 0 Å². The summed E-state index contributed by atoms with van der Waals surface area (Å²) in [6.07, 6.45) is 12.2. The van der Waals surface area contributed by atoms with Crippen LogP contribution in [0.15, 0.2) is 85.8 Å². The molecule has 0 spiro atoms. The molecular weight excluding hydrogens is 488 g/mol. The monoisotopic (exact) mass is 503 g/mol. The third kappa shape index (κ3) is 4.58. The summed E-state index contributed by atoms with van der Waals surface area (Å²) in [5, 5.41) is 0. The molecule has 0 saturated carbocycles. The summed E-state index contributed by atoms with van der Waals surface area (Å²) in [7, 11) is 0. The van der Waals surface area contributed by atoms with Crippen molar-refractivity contribution in [3.63, 3.8) is 0 Å². The van der Waals surface area contributed by atoms with E-state index in [1.54, 1.807) is 0 Å². The minimum atomic E-state index is 0. The molecule has 30 heavy (non-hydrogen) atoms. The molecular formula is C21H17Cl3CoN5. The van der Waals surface area contributed by atoms with Gasteiger partial charge in [-0.1, -0.05) is 30.4 Å². The molecule has 2 aliphatic heterocycles. The van der Waals surface area contributed by atoms with E-state index >= 15 is 0 Å². The van der Waals surface area contributed by atoms with Crippen molar-refractivity contribution >= 4 is 23.1 Å². The van der Waals surface area contributed by atoms with Gasteiger partial charge < -0.3 is 37.2 Å². The molecule has 0 saturated heterocycles. The van der Waals surface area contributed by atoms with Gasteiger partial charge in [0.1, 0.15) is 23.5 Å². The normalized spacial score (nSPS) is 22.2. The minimum Gasteiger partial charge on any atom is -1.00 e. The molecule has 5 nitrogen and oxygen atoms in total. The van der Waals surface area contributed by atoms with Gasteiger partial charge in [-0.05, 0) is 49.3 Å². The summed E-state index contributed by atoms with van der Waals surface area (Å²) in [6.45, 7) is 4.16. The molecule has 0 fully saturated rings. The van der Waals surface area contributed by atoms with Gasteiger partial charge in [-0.2, -0.15) is 0 Å². The molecule has 5 rings (SSSR count). The average molecular weight is 505 g/mol. The average Bonchev–Trinajstić information content (AvgIpc) is 3.28. The van der Waals surface area contributed by atoms with Crippen LogP contribution in [0.4, 0.5) is 0 Å². The van der Waals surface area contributed by atoms with E-state index in [1.807, 2.05) is 42.5 Å². The number of halogens is 3. The predicted octanol–water partition coefficient (Wildman–Crippen LogP) is -5.74. The smallest absolute Gasteiger partial charge is 1.00 e. The first kappa shape index (κ1) is 26.2. The molecule has 2 aliphatic carbocycles. The van der Waals surface area contributed by atoms with Crippen molar-refractivity contribution in [2.24, 2.45) is 20.0 Å². The van der Waals surface area contributed by atoms with Crippen molar-refractivity contribution in [1.82, 2.24) is 4.98 Å². The number of amidine groups is 2. The number of hydrogen-bond acceptors (Lipinski definition) is 5. The van der Waals surface area contributed by atoms with Gasteiger partial charge in [0.05, 0.1) is 11.4 Å². The van der Waals surface area contributed by atoms with Crippen LogP contribution in [0.5, 0.6) is 0 Å². The van der Waals surface area contributed by atoms with Crippen molar-refractivity contribution in [1.29, 1.82) is 0 Å². The van der Waals surface area contributed by atoms with Gasteiger partial charge in [0.15, 0.2) is 11.7 Å². The molecule has 0 radical (unpaired) electrons. The summed E-state index contributed by atoms with van der Waals surface area (Å²) >= 11 is 0. The van der Waals surface area contributed by atoms with Crippen LogP contribution >= 0.6 is 0 Å². The fraction of sp³-hybridized carbons (Fsp3) is 0.190. The topological polar surface area (TPSA) is 62.3 Å². The first-order chi connectivity index (χ1) is 12.7. The standard InChI is InChI=1S/C21H17N5.3ClH.Co/c1-12-6-3-8-14-18(12)25-20(23-14)16-10-5-11-17(22-16)21-24-15-9-4-7-13(2)19(15)26-21;;;;/h3-11,18-19H,1-2H3;3*1H;/q;;;;+3/p-3. The molecule has 0 amide bonds. The van der Waals surface area contributed by atoms with Crippen molar-refractivity contribution in [2.45, 2.75) is 25.9 Å². The third-order valence-electron chi connectivity index (χ3n) is 4.86. The molecule has 2 atom stereocenters. The third-order valence-corrected chi connectivity index (χ3v) is 4.86. The van der Waals surface area contributed by atoms with Gasteiger partial charge in [-0.25, -0.2) is 15.0 Å². The summed E-state index contributed by atoms with van der Waals surface area (Å²) in [6, 6.07) is 5.88. The number of aromatic nitrogens is 1. The Bertz CT molecular complexity index is 999. The Morgan fingerprint density at radius 2 is 1.13 bits per heavy atom. The summed E-state index contributed by atoms with van der Waals surface area (Å²) < 4.78 is 0. The fourth-order valence-electron chi connectivity index (χ4n) is 3.44. The van der Waals surface area contributed by atoms with E-state index in [0.29, 0.717) is 11.7 Å². The Hall–Kier alpha value is -1.83. The first-order valence-electron chi connectivity index (χ1n) is 8.69. The molecule has 0 aromatic carbocycles. The predicted molar refractivity (Wildman–Crippen MR) is 106 cm³/mol. The van der Waals surface area contributed by atoms with Crippen LogP contribution in [0.1, 0.15) is 25.2 Å². The van der Waals surface area contributed by atoms with E-state index in [9.17, 15) is 0 Å². The van der Waals surface area contributed by atoms with Crippen LogP contribution in [0.25, 0.3) is 0 Å². The van der Waals surface area contributed by atoms with Gasteiger partial charge in [0, 0.05) is 0 Å². The fourth-order valence-corrected chi connectivity index (χ4v) is 3.44. The zero-order valence-corrected chi connectivity index (χ0v) is 19.4. The van der Waals surface area contributed by atoms with Gasteiger partial charge in [-0.3, -0.25) is 9.98 Å². The van der Waals surface area contributed by atoms with E-state index < -0.39 is 0 Å². The van der Waals surface area contributed by atoms with Crippen LogP contribution in [-0.4, -0.2) is 40.2 Å². The van der Waals surface area contributed by atoms with E-state index in [2.05, 4.69) is 36.0 Å². The number of hydrogen-bond donors (Lipinski definition) is 0. The molecule has 3 heterocycles. The molecule has 2 unspecified atom stereocenters. The number of allylic oxidation sites excluding steroid dienone is 4. The van der Waals surface area contributed by atoms with E-state index in [-0.39, 0.29) is 66.1 Å². The van der Waals surface area contributed by atoms with Crippen LogP contribution in [0.3, 0.4) is 0 Å². The minimum absolute atomic E-state index is 0. The van der Waals surface area contributed by atoms with Gasteiger partial charge >= 0.3 is 16.8 Å². The van der Waals surface area contributed by atoms with E-state index in [4.69, 9.17) is 15.0 Å². The number of aliphatic imine (C=N–C) groups is 4. The Morgan fingerprint density at radius 3 is 1.53 bits per heavy atom. The van der Waals surface area contributed by atoms with Crippen LogP contribution in [-0.2, 0) is 16.8 Å². The van der Waals surface area contributed by atoms with Gasteiger partial charge in [-0.15, -0.1) is 0 Å². The Morgan fingerprint density at radius 1 is 0.700 bits per heavy atom. The van der Waals surface area contributed by atoms with Crippen LogP contribution in [0, 0.1) is 0 Å². The molecule has 1 aromatic heterocycles. The van der Waals surface area contributed by atoms with Crippen molar-refractivity contribution < 1.29 is 54.0 Å². The molecule has 0 N–H and O–H groups in total. The SMILES string of the molecule is CC1=CC=CC2=NC(c3cccc(C4=NC5C(C)=CC=CC5=N4)n3)=NC12.[Cl-].[Cl-].[Cl-].[Co+3]. The van der Waals surface area contributed by atoms with E-state index in [1.165, 1.54) is 11.1 Å². The first-order valence-corrected chi connectivity index (χ1v) is 8.69. The molecule has 156 valence electrons. The Kier molecular flexibility index (Phi) is 9.14. The maximum absolute atomic E-state index is 4.75. The second-order valence-electron chi connectivity index (χ2n) is 6.73. The summed E-state index contributed by atoms with van der Waals surface area (Å²) in [5.74, 6) is 1.34. The second kappa shape index (κ2) is 10.5. The molecule has 4 aliphatic rings. The number of rotatable bonds is 2. The number of fused-ring (bicyclic) bond motifs is 2. The van der Waals surface area contributed by atoms with Gasteiger partial charge in [0.2, 0.25) is 0 Å². The van der Waals surface area contributed by atoms with Crippen molar-refractivity contribution in [2.75, 3.05) is 0 Å². The largest absolute Gasteiger partial charge is 3.00 e. The summed E-state index contributed by atoms with van der Waals surface area (Å²) in [5.41, 5.74) is 5.85. The number of pyridine rings is 1. The maximum atomic E-state index is 4.75. The molecule has 1 aromatic rings. The Labute approximate surface area is 204 Å². The molecule has 9 heteroatoms. The zero-order chi connectivity index (χ0) is 17.7. The molecule has 0 bridgehead atoms. The summed E-state index contributed by atoms with van der Waals surface area (Å²) in [4.78, 5) is 23.6. The maximum Gasteiger partial charge on any atom is 3.00 e. The number of nitrogens with zero attached hydrogens (tertiary/aromatic N) is 5. The Balaban J connectivity index is 0.00000112. The quantitative estimate of drug-likeness (QED) is 0.396. The van der Waals surface area contributed by atoms with Gasteiger partial charge in [0.25, 0.3) is 0 Å². The van der Waals surface area contributed by atoms with E-state index in [0.717, 1.165) is 22.8 Å². The zero-order valence-electron chi connectivity index (χ0n) is 16.1. The van der Waals surface area contributed by atoms with Crippen LogP contribution < -0.4 is 37.2 Å². The second-order valence-corrected chi connectivity index (χ2v) is 6.73. The van der Waals surface area contributed by atoms with Crippen LogP contribution in [0.2, 0.25) is 0 Å².